The minimum Gasteiger partial charge on any atom is -0.478 e. The Morgan fingerprint density at radius 3 is 2.00 bits per heavy atom. The summed E-state index contributed by atoms with van der Waals surface area (Å²) in [7, 11) is 0. The van der Waals surface area contributed by atoms with E-state index in [1.165, 1.54) is 6.08 Å². The Labute approximate surface area is 150 Å². The number of carbonyl (C=O) groups is 3. The zero-order valence-corrected chi connectivity index (χ0v) is 15.7. The van der Waals surface area contributed by atoms with E-state index in [1.807, 2.05) is 6.92 Å². The second kappa shape index (κ2) is 18.2. The van der Waals surface area contributed by atoms with Crippen molar-refractivity contribution in [3.8, 4) is 0 Å². The van der Waals surface area contributed by atoms with Gasteiger partial charge in [0.1, 0.15) is 0 Å². The van der Waals surface area contributed by atoms with E-state index >= 15 is 0 Å². The molecule has 0 bridgehead atoms. The van der Waals surface area contributed by atoms with Gasteiger partial charge in [-0.05, 0) is 19.3 Å². The first-order valence-electron chi connectivity index (χ1n) is 8.82. The normalized spacial score (nSPS) is 10.3. The van der Waals surface area contributed by atoms with Crippen molar-refractivity contribution < 1.29 is 29.0 Å². The van der Waals surface area contributed by atoms with E-state index in [9.17, 15) is 14.4 Å². The van der Waals surface area contributed by atoms with Crippen LogP contribution in [0.5, 0.6) is 0 Å². The topological polar surface area (TPSA) is 89.9 Å². The van der Waals surface area contributed by atoms with Crippen LogP contribution < -0.4 is 0 Å². The molecule has 0 aromatic rings. The molecule has 0 spiro atoms. The average molecular weight is 356 g/mol. The molecule has 0 saturated heterocycles. The molecule has 0 aromatic heterocycles. The van der Waals surface area contributed by atoms with Gasteiger partial charge in [-0.15, -0.1) is 0 Å². The van der Waals surface area contributed by atoms with Gasteiger partial charge in [-0.25, -0.2) is 14.4 Å². The van der Waals surface area contributed by atoms with E-state index in [0.717, 1.165) is 44.6 Å². The molecule has 6 nitrogen and oxygen atoms in total. The first-order chi connectivity index (χ1) is 11.9. The maximum absolute atomic E-state index is 11.4. The summed E-state index contributed by atoms with van der Waals surface area (Å²) in [6, 6.07) is 0. The van der Waals surface area contributed by atoms with Crippen molar-refractivity contribution >= 4 is 17.9 Å². The van der Waals surface area contributed by atoms with Crippen LogP contribution in [0.1, 0.15) is 65.7 Å². The molecule has 0 amide bonds. The van der Waals surface area contributed by atoms with Crippen molar-refractivity contribution in [2.24, 2.45) is 0 Å². The number of carbonyl (C=O) groups excluding carboxylic acids is 2. The predicted octanol–water partition coefficient (Wildman–Crippen LogP) is 4.05. The quantitative estimate of drug-likeness (QED) is 0.322. The third-order valence-electron chi connectivity index (χ3n) is 3.08. The number of rotatable bonds is 12. The lowest BCUT2D eigenvalue weighted by Gasteiger charge is -2.05. The van der Waals surface area contributed by atoms with E-state index in [4.69, 9.17) is 9.84 Å². The van der Waals surface area contributed by atoms with Gasteiger partial charge in [-0.3, -0.25) is 0 Å². The van der Waals surface area contributed by atoms with Crippen LogP contribution in [-0.4, -0.2) is 36.2 Å². The zero-order valence-electron chi connectivity index (χ0n) is 15.7. The molecule has 144 valence electrons. The highest BCUT2D eigenvalue weighted by atomic mass is 16.5. The van der Waals surface area contributed by atoms with Crippen molar-refractivity contribution in [3.63, 3.8) is 0 Å². The zero-order chi connectivity index (χ0) is 19.5. The van der Waals surface area contributed by atoms with Gasteiger partial charge in [0, 0.05) is 17.7 Å². The smallest absolute Gasteiger partial charge is 0.334 e. The van der Waals surface area contributed by atoms with Gasteiger partial charge in [0.15, 0.2) is 0 Å². The van der Waals surface area contributed by atoms with Crippen LogP contribution in [0.25, 0.3) is 0 Å². The van der Waals surface area contributed by atoms with E-state index < -0.39 is 11.9 Å². The molecule has 0 saturated carbocycles. The highest BCUT2D eigenvalue weighted by molar-refractivity contribution is 5.95. The summed E-state index contributed by atoms with van der Waals surface area (Å²) in [5, 5.41) is 8.52. The van der Waals surface area contributed by atoms with Crippen molar-refractivity contribution in [2.45, 2.75) is 65.7 Å². The van der Waals surface area contributed by atoms with E-state index in [2.05, 4.69) is 18.2 Å². The number of hydrogen-bond donors (Lipinski definition) is 1. The number of hydrogen-bond acceptors (Lipinski definition) is 5. The molecule has 0 fully saturated rings. The van der Waals surface area contributed by atoms with Crippen molar-refractivity contribution in [2.75, 3.05) is 13.2 Å². The fourth-order valence-corrected chi connectivity index (χ4v) is 1.62. The molecule has 0 heterocycles. The highest BCUT2D eigenvalue weighted by Gasteiger charge is 2.10. The molecular weight excluding hydrogens is 324 g/mol. The summed E-state index contributed by atoms with van der Waals surface area (Å²) in [6.07, 6.45) is 8.57. The number of esters is 2. The van der Waals surface area contributed by atoms with Crippen LogP contribution in [0.15, 0.2) is 24.3 Å². The minimum atomic E-state index is -1.11. The van der Waals surface area contributed by atoms with Crippen molar-refractivity contribution in [1.29, 1.82) is 0 Å². The lowest BCUT2D eigenvalue weighted by molar-refractivity contribution is -0.140. The first kappa shape index (κ1) is 25.1. The van der Waals surface area contributed by atoms with Gasteiger partial charge in [-0.1, -0.05) is 53.0 Å². The van der Waals surface area contributed by atoms with E-state index in [0.29, 0.717) is 19.6 Å². The van der Waals surface area contributed by atoms with Crippen LogP contribution in [-0.2, 0) is 23.9 Å². The molecular formula is C19H32O6. The predicted molar refractivity (Wildman–Crippen MR) is 97.2 cm³/mol. The molecule has 6 heteroatoms. The molecule has 0 radical (unpaired) electrons. The highest BCUT2D eigenvalue weighted by Crippen LogP contribution is 2.05. The summed E-state index contributed by atoms with van der Waals surface area (Å²) in [5.41, 5.74) is 0.211. The molecule has 1 N–H and O–H groups in total. The number of ether oxygens (including phenoxy) is 2. The summed E-state index contributed by atoms with van der Waals surface area (Å²) in [6.45, 7) is 10.0. The summed E-state index contributed by atoms with van der Waals surface area (Å²) >= 11 is 0. The fraction of sp³-hybridized carbons (Fsp3) is 0.632. The van der Waals surface area contributed by atoms with Crippen molar-refractivity contribution in [3.05, 3.63) is 24.3 Å². The second-order valence-electron chi connectivity index (χ2n) is 5.28. The molecule has 0 aliphatic rings. The lowest BCUT2D eigenvalue weighted by atomic mass is 10.2. The second-order valence-corrected chi connectivity index (χ2v) is 5.28. The molecule has 0 rings (SSSR count). The van der Waals surface area contributed by atoms with Crippen molar-refractivity contribution in [1.82, 2.24) is 0 Å². The van der Waals surface area contributed by atoms with Gasteiger partial charge in [0.25, 0.3) is 0 Å². The Morgan fingerprint density at radius 2 is 1.52 bits per heavy atom. The summed E-state index contributed by atoms with van der Waals surface area (Å²) in [5.74, 6) is -1.95. The number of carboxylic acids is 1. The first-order valence-corrected chi connectivity index (χ1v) is 8.82. The Kier molecular flexibility index (Phi) is 18.3. The minimum absolute atomic E-state index is 0.211. The van der Waals surface area contributed by atoms with Gasteiger partial charge < -0.3 is 14.6 Å². The number of aliphatic carboxylic acids is 1. The van der Waals surface area contributed by atoms with E-state index in [1.54, 1.807) is 6.92 Å². The summed E-state index contributed by atoms with van der Waals surface area (Å²) < 4.78 is 9.65. The molecule has 0 aromatic carbocycles. The van der Waals surface area contributed by atoms with Crippen LogP contribution in [0, 0.1) is 0 Å². The summed E-state index contributed by atoms with van der Waals surface area (Å²) in [4.78, 5) is 32.1. The third kappa shape index (κ3) is 18.1. The molecule has 0 aliphatic heterocycles. The monoisotopic (exact) mass is 356 g/mol. The number of carboxylic acid groups (broad SMARTS) is 1. The van der Waals surface area contributed by atoms with Gasteiger partial charge >= 0.3 is 17.9 Å². The average Bonchev–Trinajstić information content (AvgIpc) is 2.59. The van der Waals surface area contributed by atoms with Gasteiger partial charge in [0.2, 0.25) is 0 Å². The maximum Gasteiger partial charge on any atom is 0.334 e. The molecule has 0 unspecified atom stereocenters. The number of unbranched alkanes of at least 4 members (excludes halogenated alkanes) is 4. The Hall–Kier alpha value is -2.11. The SMILES string of the molecule is C=CC(=O)OCCCC.CCCCCCOC(=O)/C(=C\C(=O)O)CC. The maximum atomic E-state index is 11.4. The third-order valence-corrected chi connectivity index (χ3v) is 3.08. The Balaban J connectivity index is 0. The lowest BCUT2D eigenvalue weighted by Crippen LogP contribution is -2.10. The fourth-order valence-electron chi connectivity index (χ4n) is 1.62. The van der Waals surface area contributed by atoms with Crippen LogP contribution in [0.3, 0.4) is 0 Å². The van der Waals surface area contributed by atoms with Gasteiger partial charge in [-0.2, -0.15) is 0 Å². The standard InChI is InChI=1S/C12H20O4.C7H12O2/c1-3-5-6-7-8-16-12(15)10(4-2)9-11(13)14;1-3-5-6-9-7(8)4-2/h9H,3-8H2,1-2H3,(H,13,14);4H,2-3,5-6H2,1H3/b10-9-;. The van der Waals surface area contributed by atoms with E-state index in [-0.39, 0.29) is 11.5 Å². The van der Waals surface area contributed by atoms with Crippen LogP contribution in [0.4, 0.5) is 0 Å². The Morgan fingerprint density at radius 1 is 0.920 bits per heavy atom. The van der Waals surface area contributed by atoms with Gasteiger partial charge in [0.05, 0.1) is 13.2 Å². The molecule has 25 heavy (non-hydrogen) atoms. The molecule has 0 atom stereocenters. The Bertz CT molecular complexity index is 426. The van der Waals surface area contributed by atoms with Crippen LogP contribution in [0.2, 0.25) is 0 Å². The van der Waals surface area contributed by atoms with Crippen LogP contribution >= 0.6 is 0 Å². The molecule has 0 aliphatic carbocycles. The largest absolute Gasteiger partial charge is 0.478 e.